The molecule has 0 aliphatic heterocycles. The van der Waals surface area contributed by atoms with Gasteiger partial charge in [-0.2, -0.15) is 0 Å². The van der Waals surface area contributed by atoms with Gasteiger partial charge in [0.15, 0.2) is 0 Å². The number of carbonyl (C=O) groups excluding carboxylic acids is 1. The quantitative estimate of drug-likeness (QED) is 0.628. The van der Waals surface area contributed by atoms with Crippen molar-refractivity contribution in [3.05, 3.63) is 59.7 Å². The Morgan fingerprint density at radius 2 is 1.70 bits per heavy atom. The molecule has 0 bridgehead atoms. The van der Waals surface area contributed by atoms with E-state index in [1.165, 1.54) is 0 Å². The van der Waals surface area contributed by atoms with Gasteiger partial charge < -0.3 is 9.84 Å². The highest BCUT2D eigenvalue weighted by Gasteiger charge is 2.39. The second kappa shape index (κ2) is 7.16. The Morgan fingerprint density at radius 1 is 1.15 bits per heavy atom. The van der Waals surface area contributed by atoms with E-state index in [1.54, 1.807) is 11.9 Å². The smallest absolute Gasteiger partial charge is 0.335 e. The molecule has 5 nitrogen and oxygen atoms in total. The number of hydrogen-bond donors (Lipinski definition) is 1. The molecular formula is C22H23NO4. The summed E-state index contributed by atoms with van der Waals surface area (Å²) in [6.45, 7) is -1.21. The van der Waals surface area contributed by atoms with Crippen LogP contribution in [0.25, 0.3) is 11.1 Å². The van der Waals surface area contributed by atoms with Gasteiger partial charge in [0.2, 0.25) is 6.04 Å². The molecule has 27 heavy (non-hydrogen) atoms. The highest BCUT2D eigenvalue weighted by molar-refractivity contribution is 5.98. The average molecular weight is 366 g/mol. The van der Waals surface area contributed by atoms with Gasteiger partial charge in [-0.1, -0.05) is 55.0 Å². The first kappa shape index (κ1) is 16.5. The number of ether oxygens (including phenoxy) is 1. The number of likely N-dealkylation sites (N-methyl/N-ethyl adjacent to an activating group) is 1. The lowest BCUT2D eigenvalue weighted by molar-refractivity contribution is -0.162. The summed E-state index contributed by atoms with van der Waals surface area (Å²) in [6, 6.07) is 14.2. The molecule has 2 aliphatic rings. The molecule has 2 aliphatic carbocycles. The maximum atomic E-state index is 12.7. The van der Waals surface area contributed by atoms with E-state index in [4.69, 9.17) is 6.11 Å². The van der Waals surface area contributed by atoms with Crippen LogP contribution in [-0.4, -0.2) is 47.7 Å². The Balaban J connectivity index is 1.58. The van der Waals surface area contributed by atoms with Crippen molar-refractivity contribution in [3.63, 3.8) is 0 Å². The zero-order valence-electron chi connectivity index (χ0n) is 16.2. The zero-order valence-corrected chi connectivity index (χ0v) is 15.2. The molecule has 5 heteroatoms. The Hall–Kier alpha value is -2.66. The number of aliphatic carboxylic acids is 1. The Kier molecular flexibility index (Phi) is 4.38. The molecule has 0 amide bonds. The van der Waals surface area contributed by atoms with E-state index in [0.29, 0.717) is 0 Å². The van der Waals surface area contributed by atoms with Crippen molar-refractivity contribution in [3.8, 4) is 11.1 Å². The molecule has 0 radical (unpaired) electrons. The molecule has 2 aromatic carbocycles. The van der Waals surface area contributed by atoms with E-state index in [9.17, 15) is 14.7 Å². The lowest BCUT2D eigenvalue weighted by Gasteiger charge is -2.37. The van der Waals surface area contributed by atoms with Crippen LogP contribution in [0.1, 0.15) is 37.7 Å². The van der Waals surface area contributed by atoms with Crippen LogP contribution in [0.2, 0.25) is 0 Å². The number of esters is 1. The molecule has 0 saturated heterocycles. The van der Waals surface area contributed by atoms with E-state index < -0.39 is 30.5 Å². The largest absolute Gasteiger partial charge is 0.480 e. The predicted molar refractivity (Wildman–Crippen MR) is 102 cm³/mol. The summed E-state index contributed by atoms with van der Waals surface area (Å²) in [4.78, 5) is 26.0. The van der Waals surface area contributed by atoms with E-state index in [-0.39, 0.29) is 6.04 Å². The van der Waals surface area contributed by atoms with E-state index >= 15 is 0 Å². The third kappa shape index (κ3) is 3.12. The van der Waals surface area contributed by atoms with E-state index in [0.717, 1.165) is 41.5 Å². The minimum Gasteiger partial charge on any atom is -0.480 e. The third-order valence-electron chi connectivity index (χ3n) is 5.72. The highest BCUT2D eigenvalue weighted by Crippen LogP contribution is 2.44. The monoisotopic (exact) mass is 366 g/mol. The van der Waals surface area contributed by atoms with Gasteiger partial charge in [-0.3, -0.25) is 4.90 Å². The molecule has 1 saturated carbocycles. The Labute approximate surface area is 160 Å². The zero-order chi connectivity index (χ0) is 19.8. The summed E-state index contributed by atoms with van der Waals surface area (Å²) in [7, 11) is 1.64. The second-order valence-corrected chi connectivity index (χ2v) is 7.22. The summed E-state index contributed by atoms with van der Waals surface area (Å²) in [5.74, 6) is -2.54. The van der Waals surface area contributed by atoms with Crippen LogP contribution in [-0.2, 0) is 14.3 Å². The van der Waals surface area contributed by atoms with Crippen LogP contribution in [0.4, 0.5) is 0 Å². The van der Waals surface area contributed by atoms with Crippen molar-refractivity contribution in [2.75, 3.05) is 13.6 Å². The van der Waals surface area contributed by atoms with Gasteiger partial charge in [0.1, 0.15) is 6.58 Å². The fourth-order valence-electron chi connectivity index (χ4n) is 3.99. The molecule has 2 unspecified atom stereocenters. The number of fused-ring (bicyclic) bond motifs is 3. The molecular weight excluding hydrogens is 342 g/mol. The average Bonchev–Trinajstić information content (AvgIpc) is 2.94. The van der Waals surface area contributed by atoms with Gasteiger partial charge in [0.25, 0.3) is 0 Å². The minimum absolute atomic E-state index is 0.0748. The normalized spacial score (nSPS) is 18.8. The number of nitrogens with zero attached hydrogens (tertiary/aromatic N) is 1. The first-order valence-corrected chi connectivity index (χ1v) is 9.24. The summed E-state index contributed by atoms with van der Waals surface area (Å²) in [5, 5.41) is 9.57. The molecule has 4 rings (SSSR count). The molecule has 1 N–H and O–H groups in total. The number of carbonyl (C=O) groups is 2. The lowest BCUT2D eigenvalue weighted by Crippen LogP contribution is -2.52. The summed E-state index contributed by atoms with van der Waals surface area (Å²) in [6.07, 6.45) is 2.79. The highest BCUT2D eigenvalue weighted by atomic mass is 16.5. The van der Waals surface area contributed by atoms with Gasteiger partial charge in [0.05, 0.1) is 1.37 Å². The second-order valence-electron chi connectivity index (χ2n) is 7.22. The SMILES string of the molecule is [2H]C(OC(=O)C(C(=O)O)N(C)C1CCC1)C1c2ccccc2-c2ccccc21. The lowest BCUT2D eigenvalue weighted by atomic mass is 9.91. The fraction of sp³-hybridized carbons (Fsp3) is 0.364. The standard InChI is InChI=1S/C22H23NO4/c1-23(14-7-6-8-14)20(21(24)25)22(26)27-13-19-17-11-4-2-9-15(17)16-10-3-5-12-18(16)19/h2-5,9-12,14,19-20H,6-8,13H2,1H3,(H,24,25)/i13D. The van der Waals surface area contributed by atoms with Crippen molar-refractivity contribution in [2.24, 2.45) is 0 Å². The van der Waals surface area contributed by atoms with Crippen LogP contribution >= 0.6 is 0 Å². The van der Waals surface area contributed by atoms with Crippen LogP contribution in [0, 0.1) is 0 Å². The molecule has 0 aromatic heterocycles. The third-order valence-corrected chi connectivity index (χ3v) is 5.72. The Bertz CT molecular complexity index is 865. The predicted octanol–water partition coefficient (Wildman–Crippen LogP) is 3.28. The molecule has 1 fully saturated rings. The molecule has 0 heterocycles. The summed E-state index contributed by atoms with van der Waals surface area (Å²) >= 11 is 0. The van der Waals surface area contributed by atoms with Gasteiger partial charge in [0, 0.05) is 12.0 Å². The van der Waals surface area contributed by atoms with Crippen molar-refractivity contribution >= 4 is 11.9 Å². The van der Waals surface area contributed by atoms with Crippen molar-refractivity contribution in [2.45, 2.75) is 37.3 Å². The number of benzene rings is 2. The number of rotatable bonds is 6. The van der Waals surface area contributed by atoms with Gasteiger partial charge in [-0.25, -0.2) is 9.59 Å². The maximum Gasteiger partial charge on any atom is 0.335 e. The number of hydrogen-bond acceptors (Lipinski definition) is 4. The molecule has 2 aromatic rings. The van der Waals surface area contributed by atoms with Crippen molar-refractivity contribution < 1.29 is 20.8 Å². The van der Waals surface area contributed by atoms with Gasteiger partial charge in [-0.15, -0.1) is 0 Å². The fourth-order valence-corrected chi connectivity index (χ4v) is 3.99. The summed E-state index contributed by atoms with van der Waals surface area (Å²) < 4.78 is 14.0. The van der Waals surface area contributed by atoms with Crippen molar-refractivity contribution in [1.82, 2.24) is 4.90 Å². The molecule has 0 spiro atoms. The van der Waals surface area contributed by atoms with Crippen LogP contribution in [0.3, 0.4) is 0 Å². The van der Waals surface area contributed by atoms with Gasteiger partial charge in [-0.05, 0) is 42.1 Å². The van der Waals surface area contributed by atoms with Crippen LogP contribution < -0.4 is 0 Å². The first-order valence-electron chi connectivity index (χ1n) is 9.82. The number of carboxylic acids is 1. The Morgan fingerprint density at radius 3 is 2.19 bits per heavy atom. The maximum absolute atomic E-state index is 12.7. The van der Waals surface area contributed by atoms with E-state index in [2.05, 4.69) is 0 Å². The minimum atomic E-state index is -1.38. The molecule has 140 valence electrons. The van der Waals surface area contributed by atoms with Crippen molar-refractivity contribution in [1.29, 1.82) is 0 Å². The molecule has 2 atom stereocenters. The first-order chi connectivity index (χ1) is 13.5. The van der Waals surface area contributed by atoms with Gasteiger partial charge >= 0.3 is 11.9 Å². The summed E-state index contributed by atoms with van der Waals surface area (Å²) in [5.41, 5.74) is 3.90. The van der Waals surface area contributed by atoms with E-state index in [1.807, 2.05) is 48.5 Å². The number of carboxylic acid groups (broad SMARTS) is 1. The van der Waals surface area contributed by atoms with Crippen LogP contribution in [0.15, 0.2) is 48.5 Å². The topological polar surface area (TPSA) is 66.8 Å². The van der Waals surface area contributed by atoms with Crippen LogP contribution in [0.5, 0.6) is 0 Å².